The molecule has 166 valence electrons. The molecule has 1 N–H and O–H groups in total. The summed E-state index contributed by atoms with van der Waals surface area (Å²) in [4.78, 5) is 11.4. The number of fused-ring (bicyclic) bond motifs is 1. The molecule has 5 rings (SSSR count). The van der Waals surface area contributed by atoms with Crippen LogP contribution in [0, 0.1) is 0 Å². The summed E-state index contributed by atoms with van der Waals surface area (Å²) in [5, 5.41) is 22.6. The molecule has 0 radical (unpaired) electrons. The first-order valence-corrected chi connectivity index (χ1v) is 10.9. The molecule has 0 amide bonds. The van der Waals surface area contributed by atoms with Crippen molar-refractivity contribution in [1.29, 1.82) is 0 Å². The van der Waals surface area contributed by atoms with E-state index in [1.807, 2.05) is 48.3 Å². The first-order chi connectivity index (χ1) is 15.7. The number of β-amino-alcohol motifs (C(OH)–C–C–N with tert-alkyl or cyclic N) is 1. The van der Waals surface area contributed by atoms with Crippen LogP contribution >= 0.6 is 0 Å². The van der Waals surface area contributed by atoms with E-state index in [-0.39, 0.29) is 6.10 Å². The molecular formula is C22H26N8O2. The number of likely N-dealkylation sites (tertiary alicyclic amines) is 1. The van der Waals surface area contributed by atoms with E-state index in [0.29, 0.717) is 30.0 Å². The van der Waals surface area contributed by atoms with Crippen molar-refractivity contribution in [3.8, 4) is 11.4 Å². The van der Waals surface area contributed by atoms with Crippen LogP contribution in [0.1, 0.15) is 24.7 Å². The third-order valence-corrected chi connectivity index (χ3v) is 5.58. The molecule has 1 fully saturated rings. The molecule has 0 aliphatic carbocycles. The first-order valence-electron chi connectivity index (χ1n) is 10.9. The van der Waals surface area contributed by atoms with Crippen molar-refractivity contribution in [2.75, 3.05) is 26.2 Å². The molecule has 1 aromatic carbocycles. The van der Waals surface area contributed by atoms with E-state index >= 15 is 0 Å². The number of aromatic nitrogens is 7. The van der Waals surface area contributed by atoms with Gasteiger partial charge in [0, 0.05) is 32.3 Å². The smallest absolute Gasteiger partial charge is 0.187 e. The van der Waals surface area contributed by atoms with Crippen LogP contribution in [0.2, 0.25) is 0 Å². The second-order valence-electron chi connectivity index (χ2n) is 7.95. The number of hydrogen-bond donors (Lipinski definition) is 1. The number of nitrogens with zero attached hydrogens (tertiary/aromatic N) is 8. The van der Waals surface area contributed by atoms with Crippen molar-refractivity contribution < 1.29 is 9.84 Å². The van der Waals surface area contributed by atoms with Crippen molar-refractivity contribution in [2.24, 2.45) is 0 Å². The molecule has 0 saturated carbocycles. The Morgan fingerprint density at radius 3 is 2.81 bits per heavy atom. The Kier molecular flexibility index (Phi) is 5.78. The van der Waals surface area contributed by atoms with Gasteiger partial charge in [0.1, 0.15) is 11.6 Å². The topological polar surface area (TPSA) is 107 Å². The molecule has 3 aromatic heterocycles. The lowest BCUT2D eigenvalue weighted by molar-refractivity contribution is 0.174. The minimum Gasteiger partial charge on any atom is -0.494 e. The van der Waals surface area contributed by atoms with Crippen LogP contribution in [0.25, 0.3) is 16.9 Å². The predicted octanol–water partition coefficient (Wildman–Crippen LogP) is 1.46. The summed E-state index contributed by atoms with van der Waals surface area (Å²) < 4.78 is 9.16. The van der Waals surface area contributed by atoms with Crippen molar-refractivity contribution in [3.63, 3.8) is 0 Å². The van der Waals surface area contributed by atoms with Gasteiger partial charge in [0.05, 0.1) is 37.3 Å². The van der Waals surface area contributed by atoms with Gasteiger partial charge >= 0.3 is 0 Å². The van der Waals surface area contributed by atoms with Gasteiger partial charge in [-0.15, -0.1) is 5.10 Å². The van der Waals surface area contributed by atoms with Crippen LogP contribution in [0.4, 0.5) is 0 Å². The highest BCUT2D eigenvalue weighted by Gasteiger charge is 2.19. The van der Waals surface area contributed by atoms with E-state index in [0.717, 1.165) is 49.6 Å². The van der Waals surface area contributed by atoms with Gasteiger partial charge in [-0.25, -0.2) is 9.97 Å². The second-order valence-corrected chi connectivity index (χ2v) is 7.95. The van der Waals surface area contributed by atoms with Crippen LogP contribution in [0.15, 0.2) is 42.9 Å². The Labute approximate surface area is 185 Å². The van der Waals surface area contributed by atoms with E-state index in [9.17, 15) is 5.11 Å². The van der Waals surface area contributed by atoms with Crippen LogP contribution in [-0.4, -0.2) is 77.1 Å². The molecule has 32 heavy (non-hydrogen) atoms. The van der Waals surface area contributed by atoms with Gasteiger partial charge in [-0.2, -0.15) is 9.78 Å². The SMILES string of the molecule is CCOc1ccc(-n2nnc3cnc(Cc4cnn(CCN5CCC(O)C5)c4)nc32)cc1. The zero-order valence-electron chi connectivity index (χ0n) is 18.0. The quantitative estimate of drug-likeness (QED) is 0.444. The highest BCUT2D eigenvalue weighted by atomic mass is 16.5. The van der Waals surface area contributed by atoms with Crippen LogP contribution in [0.3, 0.4) is 0 Å². The van der Waals surface area contributed by atoms with Crippen molar-refractivity contribution in [3.05, 3.63) is 54.2 Å². The highest BCUT2D eigenvalue weighted by Crippen LogP contribution is 2.18. The maximum Gasteiger partial charge on any atom is 0.187 e. The van der Waals surface area contributed by atoms with Gasteiger partial charge in [-0.1, -0.05) is 5.21 Å². The van der Waals surface area contributed by atoms with Crippen LogP contribution in [-0.2, 0) is 13.0 Å². The van der Waals surface area contributed by atoms with E-state index < -0.39 is 0 Å². The van der Waals surface area contributed by atoms with E-state index in [2.05, 4.69) is 25.3 Å². The number of hydrogen-bond acceptors (Lipinski definition) is 8. The molecule has 10 heteroatoms. The van der Waals surface area contributed by atoms with Crippen molar-refractivity contribution in [2.45, 2.75) is 32.4 Å². The third-order valence-electron chi connectivity index (χ3n) is 5.58. The molecule has 1 saturated heterocycles. The Hall–Kier alpha value is -3.37. The summed E-state index contributed by atoms with van der Waals surface area (Å²) in [7, 11) is 0. The fourth-order valence-electron chi connectivity index (χ4n) is 3.93. The molecule has 0 bridgehead atoms. The van der Waals surface area contributed by atoms with Crippen LogP contribution in [0.5, 0.6) is 5.75 Å². The highest BCUT2D eigenvalue weighted by molar-refractivity contribution is 5.70. The minimum atomic E-state index is -0.194. The minimum absolute atomic E-state index is 0.194. The Bertz CT molecular complexity index is 1190. The van der Waals surface area contributed by atoms with E-state index in [1.165, 1.54) is 0 Å². The number of rotatable bonds is 8. The molecule has 0 spiro atoms. The number of aliphatic hydroxyl groups is 1. The van der Waals surface area contributed by atoms with Gasteiger partial charge in [0.25, 0.3) is 0 Å². The average Bonchev–Trinajstić information content (AvgIpc) is 3.53. The average molecular weight is 435 g/mol. The second kappa shape index (κ2) is 9.01. The Balaban J connectivity index is 1.29. The lowest BCUT2D eigenvalue weighted by Crippen LogP contribution is -2.26. The fraction of sp³-hybridized carbons (Fsp3) is 0.409. The lowest BCUT2D eigenvalue weighted by Gasteiger charge is -2.14. The Morgan fingerprint density at radius 2 is 2.03 bits per heavy atom. The largest absolute Gasteiger partial charge is 0.494 e. The molecule has 10 nitrogen and oxygen atoms in total. The number of aliphatic hydroxyl groups excluding tert-OH is 1. The van der Waals surface area contributed by atoms with E-state index in [1.54, 1.807) is 10.9 Å². The van der Waals surface area contributed by atoms with Crippen LogP contribution < -0.4 is 4.74 Å². The number of benzene rings is 1. The van der Waals surface area contributed by atoms with Crippen molar-refractivity contribution in [1.82, 2.24) is 39.6 Å². The fourth-order valence-corrected chi connectivity index (χ4v) is 3.93. The third kappa shape index (κ3) is 4.46. The van der Waals surface area contributed by atoms with Gasteiger partial charge < -0.3 is 9.84 Å². The zero-order valence-corrected chi connectivity index (χ0v) is 18.0. The normalized spacial score (nSPS) is 16.8. The van der Waals surface area contributed by atoms with Gasteiger partial charge in [0.2, 0.25) is 0 Å². The Morgan fingerprint density at radius 1 is 1.16 bits per heavy atom. The van der Waals surface area contributed by atoms with Gasteiger partial charge in [0.15, 0.2) is 11.2 Å². The number of ether oxygens (including phenoxy) is 1. The zero-order chi connectivity index (χ0) is 21.9. The van der Waals surface area contributed by atoms with E-state index in [4.69, 9.17) is 9.72 Å². The molecule has 4 aromatic rings. The molecule has 1 unspecified atom stereocenters. The summed E-state index contributed by atoms with van der Waals surface area (Å²) in [6, 6.07) is 7.69. The molecule has 4 heterocycles. The van der Waals surface area contributed by atoms with Gasteiger partial charge in [-0.3, -0.25) is 9.58 Å². The predicted molar refractivity (Wildman–Crippen MR) is 118 cm³/mol. The standard InChI is InChI=1S/C22H26N8O2/c1-2-32-19-5-3-17(4-6-19)30-22-20(26-27-30)13-23-21(25-22)11-16-12-24-29(14-16)10-9-28-8-7-18(31)15-28/h3-6,12-14,18,31H,2,7-11,15H2,1H3. The monoisotopic (exact) mass is 434 g/mol. The molecule has 1 aliphatic heterocycles. The summed E-state index contributed by atoms with van der Waals surface area (Å²) in [5.74, 6) is 1.50. The maximum atomic E-state index is 9.66. The molecular weight excluding hydrogens is 408 g/mol. The molecule has 1 aliphatic rings. The first kappa shape index (κ1) is 20.5. The summed E-state index contributed by atoms with van der Waals surface area (Å²) in [6.45, 7) is 5.95. The lowest BCUT2D eigenvalue weighted by atomic mass is 10.2. The van der Waals surface area contributed by atoms with Gasteiger partial charge in [-0.05, 0) is 43.2 Å². The molecule has 1 atom stereocenters. The summed E-state index contributed by atoms with van der Waals surface area (Å²) in [5.41, 5.74) is 3.22. The summed E-state index contributed by atoms with van der Waals surface area (Å²) >= 11 is 0. The maximum absolute atomic E-state index is 9.66. The summed E-state index contributed by atoms with van der Waals surface area (Å²) in [6.07, 6.45) is 6.83. The van der Waals surface area contributed by atoms with Crippen molar-refractivity contribution >= 4 is 11.2 Å².